The lowest BCUT2D eigenvalue weighted by molar-refractivity contribution is 0.102. The fourth-order valence-corrected chi connectivity index (χ4v) is 3.68. The highest BCUT2D eigenvalue weighted by Gasteiger charge is 2.34. The predicted molar refractivity (Wildman–Crippen MR) is 100.0 cm³/mol. The first-order valence-electron chi connectivity index (χ1n) is 8.15. The van der Waals surface area contributed by atoms with Crippen LogP contribution in [-0.2, 0) is 12.1 Å². The lowest BCUT2D eigenvalue weighted by atomic mass is 9.94. The van der Waals surface area contributed by atoms with Crippen molar-refractivity contribution in [3.05, 3.63) is 58.2 Å². The van der Waals surface area contributed by atoms with Gasteiger partial charge in [0.25, 0.3) is 5.91 Å². The summed E-state index contributed by atoms with van der Waals surface area (Å²) in [4.78, 5) is 15.0. The zero-order valence-corrected chi connectivity index (χ0v) is 15.1. The Morgan fingerprint density at radius 3 is 2.92 bits per heavy atom. The average molecular weight is 355 g/mol. The second-order valence-corrected chi connectivity index (χ2v) is 7.46. The molecular weight excluding hydrogens is 336 g/mol. The third-order valence-electron chi connectivity index (χ3n) is 5.15. The summed E-state index contributed by atoms with van der Waals surface area (Å²) in [6.07, 6.45) is 1.64. The SMILES string of the molecule is CN1Cc2cc(NC(=O)c3cc(Cl)cc4[nH]ncc34)ccc2C1(C)C. The summed E-state index contributed by atoms with van der Waals surface area (Å²) in [6.45, 7) is 5.28. The molecular formula is C19H19ClN4O. The number of anilines is 1. The maximum atomic E-state index is 12.7. The largest absolute Gasteiger partial charge is 0.322 e. The van der Waals surface area contributed by atoms with E-state index in [1.54, 1.807) is 18.3 Å². The summed E-state index contributed by atoms with van der Waals surface area (Å²) in [5.41, 5.74) is 4.59. The van der Waals surface area contributed by atoms with E-state index in [1.165, 1.54) is 11.1 Å². The molecule has 0 saturated heterocycles. The van der Waals surface area contributed by atoms with Crippen LogP contribution in [0.2, 0.25) is 5.02 Å². The first-order chi connectivity index (χ1) is 11.9. The van der Waals surface area contributed by atoms with E-state index < -0.39 is 0 Å². The predicted octanol–water partition coefficient (Wildman–Crippen LogP) is 4.15. The maximum Gasteiger partial charge on any atom is 0.256 e. The van der Waals surface area contributed by atoms with Crippen LogP contribution in [0.25, 0.3) is 10.9 Å². The molecule has 0 spiro atoms. The first-order valence-corrected chi connectivity index (χ1v) is 8.52. The number of hydrogen-bond acceptors (Lipinski definition) is 3. The number of benzene rings is 2. The number of amides is 1. The highest BCUT2D eigenvalue weighted by atomic mass is 35.5. The molecule has 1 aliphatic rings. The number of nitrogens with one attached hydrogen (secondary N) is 2. The molecule has 5 nitrogen and oxygen atoms in total. The molecule has 1 aromatic heterocycles. The van der Waals surface area contributed by atoms with E-state index in [9.17, 15) is 4.79 Å². The van der Waals surface area contributed by atoms with E-state index in [1.807, 2.05) is 6.07 Å². The molecule has 0 bridgehead atoms. The van der Waals surface area contributed by atoms with Gasteiger partial charge in [-0.2, -0.15) is 5.10 Å². The van der Waals surface area contributed by atoms with E-state index in [4.69, 9.17) is 11.6 Å². The van der Waals surface area contributed by atoms with Crippen molar-refractivity contribution in [3.63, 3.8) is 0 Å². The van der Waals surface area contributed by atoms with E-state index in [-0.39, 0.29) is 11.4 Å². The van der Waals surface area contributed by atoms with Crippen molar-refractivity contribution in [2.45, 2.75) is 25.9 Å². The molecule has 3 aromatic rings. The molecule has 0 saturated carbocycles. The van der Waals surface area contributed by atoms with Gasteiger partial charge in [-0.3, -0.25) is 14.8 Å². The van der Waals surface area contributed by atoms with Crippen molar-refractivity contribution in [3.8, 4) is 0 Å². The molecule has 0 fully saturated rings. The molecule has 2 heterocycles. The quantitative estimate of drug-likeness (QED) is 0.726. The van der Waals surface area contributed by atoms with Crippen LogP contribution in [0.4, 0.5) is 5.69 Å². The van der Waals surface area contributed by atoms with Crippen molar-refractivity contribution in [2.24, 2.45) is 0 Å². The topological polar surface area (TPSA) is 61.0 Å². The van der Waals surface area contributed by atoms with E-state index in [0.29, 0.717) is 10.6 Å². The molecule has 2 N–H and O–H groups in total. The number of rotatable bonds is 2. The van der Waals surface area contributed by atoms with E-state index in [2.05, 4.69) is 53.4 Å². The van der Waals surface area contributed by atoms with Crippen molar-refractivity contribution < 1.29 is 4.79 Å². The van der Waals surface area contributed by atoms with Gasteiger partial charge in [-0.25, -0.2) is 0 Å². The van der Waals surface area contributed by atoms with Crippen LogP contribution >= 0.6 is 11.6 Å². The molecule has 0 radical (unpaired) electrons. The molecule has 1 amide bonds. The lowest BCUT2D eigenvalue weighted by Gasteiger charge is -2.28. The van der Waals surface area contributed by atoms with Crippen LogP contribution in [0.5, 0.6) is 0 Å². The molecule has 25 heavy (non-hydrogen) atoms. The van der Waals surface area contributed by atoms with Gasteiger partial charge >= 0.3 is 0 Å². The lowest BCUT2D eigenvalue weighted by Crippen LogP contribution is -2.31. The van der Waals surface area contributed by atoms with Crippen LogP contribution in [0.1, 0.15) is 35.3 Å². The van der Waals surface area contributed by atoms with Crippen LogP contribution in [0.15, 0.2) is 36.5 Å². The minimum absolute atomic E-state index is 0.00772. The number of fused-ring (bicyclic) bond motifs is 2. The standard InChI is InChI=1S/C19H19ClN4O/c1-19(2)16-5-4-13(6-11(16)10-24(19)3)22-18(25)14-7-12(20)8-17-15(14)9-21-23-17/h4-9H,10H2,1-3H3,(H,21,23)(H,22,25). The van der Waals surface area contributed by atoms with E-state index >= 15 is 0 Å². The third-order valence-corrected chi connectivity index (χ3v) is 5.37. The van der Waals surface area contributed by atoms with Crippen molar-refractivity contribution in [1.82, 2.24) is 15.1 Å². The van der Waals surface area contributed by atoms with Crippen LogP contribution < -0.4 is 5.32 Å². The molecule has 2 aromatic carbocycles. The van der Waals surface area contributed by atoms with Gasteiger partial charge < -0.3 is 5.32 Å². The highest BCUT2D eigenvalue weighted by molar-refractivity contribution is 6.32. The van der Waals surface area contributed by atoms with Gasteiger partial charge in [0.1, 0.15) is 0 Å². The number of aromatic nitrogens is 2. The zero-order chi connectivity index (χ0) is 17.8. The summed E-state index contributed by atoms with van der Waals surface area (Å²) in [5.74, 6) is -0.195. The number of H-pyrrole nitrogens is 1. The van der Waals surface area contributed by atoms with Crippen LogP contribution in [-0.4, -0.2) is 28.1 Å². The Labute approximate surface area is 151 Å². The molecule has 128 valence electrons. The Morgan fingerprint density at radius 2 is 2.12 bits per heavy atom. The molecule has 6 heteroatoms. The first kappa shape index (κ1) is 16.1. The van der Waals surface area contributed by atoms with Crippen LogP contribution in [0, 0.1) is 0 Å². The van der Waals surface area contributed by atoms with Crippen molar-refractivity contribution >= 4 is 34.1 Å². The van der Waals surface area contributed by atoms with Crippen molar-refractivity contribution in [2.75, 3.05) is 12.4 Å². The minimum Gasteiger partial charge on any atom is -0.322 e. The monoisotopic (exact) mass is 354 g/mol. The maximum absolute atomic E-state index is 12.7. The van der Waals surface area contributed by atoms with Gasteiger partial charge in [0, 0.05) is 28.2 Å². The number of carbonyl (C=O) groups excluding carboxylic acids is 1. The number of nitrogens with zero attached hydrogens (tertiary/aromatic N) is 2. The van der Waals surface area contributed by atoms with Gasteiger partial charge in [0.2, 0.25) is 0 Å². The van der Waals surface area contributed by atoms with Gasteiger partial charge in [0.15, 0.2) is 0 Å². The summed E-state index contributed by atoms with van der Waals surface area (Å²) in [6, 6.07) is 9.52. The molecule has 0 aliphatic carbocycles. The Morgan fingerprint density at radius 1 is 1.32 bits per heavy atom. The molecule has 1 aliphatic heterocycles. The average Bonchev–Trinajstić information content (AvgIpc) is 3.09. The summed E-state index contributed by atoms with van der Waals surface area (Å²) >= 11 is 6.12. The second-order valence-electron chi connectivity index (χ2n) is 7.03. The Balaban J connectivity index is 1.66. The highest BCUT2D eigenvalue weighted by Crippen LogP contribution is 2.38. The molecule has 0 unspecified atom stereocenters. The summed E-state index contributed by atoms with van der Waals surface area (Å²) < 4.78 is 0. The van der Waals surface area contributed by atoms with Gasteiger partial charge in [-0.1, -0.05) is 17.7 Å². The molecule has 4 rings (SSSR count). The Kier molecular flexibility index (Phi) is 3.60. The van der Waals surface area contributed by atoms with Crippen molar-refractivity contribution in [1.29, 1.82) is 0 Å². The normalized spacial score (nSPS) is 16.2. The zero-order valence-electron chi connectivity index (χ0n) is 14.4. The second kappa shape index (κ2) is 5.58. The number of aromatic amines is 1. The fraction of sp³-hybridized carbons (Fsp3) is 0.263. The number of carbonyl (C=O) groups is 1. The van der Waals surface area contributed by atoms with Gasteiger partial charge in [-0.05, 0) is 56.3 Å². The Hall–Kier alpha value is -2.37. The number of hydrogen-bond donors (Lipinski definition) is 2. The minimum atomic E-state index is -0.195. The van der Waals surface area contributed by atoms with Gasteiger partial charge in [-0.15, -0.1) is 0 Å². The smallest absolute Gasteiger partial charge is 0.256 e. The molecule has 0 atom stereocenters. The number of halogens is 1. The van der Waals surface area contributed by atoms with Crippen LogP contribution in [0.3, 0.4) is 0 Å². The van der Waals surface area contributed by atoms with Gasteiger partial charge in [0.05, 0.1) is 17.3 Å². The third kappa shape index (κ3) is 2.60. The Bertz CT molecular complexity index is 992. The fourth-order valence-electron chi connectivity index (χ4n) is 3.46. The summed E-state index contributed by atoms with van der Waals surface area (Å²) in [7, 11) is 2.11. The van der Waals surface area contributed by atoms with E-state index in [0.717, 1.165) is 23.1 Å². The summed E-state index contributed by atoms with van der Waals surface area (Å²) in [5, 5.41) is 11.1.